The van der Waals surface area contributed by atoms with E-state index in [-0.39, 0.29) is 18.7 Å². The SMILES string of the molecule is CC(C)(C)OC(=O)NC[C@@H]1CC(C(=O)Nc2cc(-c3ccncc3)[nH]n2)=NO1. The van der Waals surface area contributed by atoms with Gasteiger partial charge >= 0.3 is 6.09 Å². The fourth-order valence-corrected chi connectivity index (χ4v) is 2.44. The van der Waals surface area contributed by atoms with E-state index in [0.29, 0.717) is 5.82 Å². The van der Waals surface area contributed by atoms with Crippen molar-refractivity contribution in [2.24, 2.45) is 5.16 Å². The number of ether oxygens (including phenoxy) is 1. The van der Waals surface area contributed by atoms with Crippen molar-refractivity contribution in [2.45, 2.75) is 38.9 Å². The number of rotatable bonds is 5. The lowest BCUT2D eigenvalue weighted by Crippen LogP contribution is -2.37. The zero-order valence-corrected chi connectivity index (χ0v) is 15.9. The minimum absolute atomic E-state index is 0.184. The molecule has 1 aliphatic heterocycles. The maximum absolute atomic E-state index is 12.3. The van der Waals surface area contributed by atoms with Gasteiger partial charge in [0.15, 0.2) is 11.9 Å². The van der Waals surface area contributed by atoms with Crippen LogP contribution in [0.15, 0.2) is 35.7 Å². The second-order valence-electron chi connectivity index (χ2n) is 7.21. The summed E-state index contributed by atoms with van der Waals surface area (Å²) in [6, 6.07) is 5.37. The van der Waals surface area contributed by atoms with E-state index in [0.717, 1.165) is 11.3 Å². The molecule has 1 atom stereocenters. The lowest BCUT2D eigenvalue weighted by molar-refractivity contribution is -0.110. The molecule has 0 saturated heterocycles. The Morgan fingerprint density at radius 3 is 2.79 bits per heavy atom. The third-order valence-electron chi connectivity index (χ3n) is 3.68. The molecule has 0 fully saturated rings. The first-order valence-corrected chi connectivity index (χ1v) is 8.77. The van der Waals surface area contributed by atoms with Crippen LogP contribution < -0.4 is 10.6 Å². The van der Waals surface area contributed by atoms with E-state index in [1.807, 2.05) is 12.1 Å². The number of aromatic amines is 1. The summed E-state index contributed by atoms with van der Waals surface area (Å²) in [4.78, 5) is 33.2. The van der Waals surface area contributed by atoms with Gasteiger partial charge in [-0.25, -0.2) is 4.79 Å². The average Bonchev–Trinajstić information content (AvgIpc) is 3.29. The lowest BCUT2D eigenvalue weighted by atomic mass is 10.1. The van der Waals surface area contributed by atoms with E-state index in [1.165, 1.54) is 0 Å². The van der Waals surface area contributed by atoms with Gasteiger partial charge in [-0.2, -0.15) is 5.10 Å². The largest absolute Gasteiger partial charge is 0.444 e. The Bertz CT molecular complexity index is 872. The summed E-state index contributed by atoms with van der Waals surface area (Å²) in [5.41, 5.74) is 1.30. The molecule has 1 aliphatic rings. The summed E-state index contributed by atoms with van der Waals surface area (Å²) in [6.45, 7) is 5.52. The zero-order chi connectivity index (χ0) is 20.1. The van der Waals surface area contributed by atoms with Crippen LogP contribution in [0.5, 0.6) is 0 Å². The van der Waals surface area contributed by atoms with Gasteiger partial charge in [-0.1, -0.05) is 5.16 Å². The minimum Gasteiger partial charge on any atom is -0.444 e. The molecule has 2 amide bonds. The third kappa shape index (κ3) is 5.29. The van der Waals surface area contributed by atoms with Gasteiger partial charge in [0, 0.05) is 30.4 Å². The van der Waals surface area contributed by atoms with E-state index in [4.69, 9.17) is 9.57 Å². The van der Waals surface area contributed by atoms with Crippen LogP contribution in [0, 0.1) is 0 Å². The molecule has 0 radical (unpaired) electrons. The predicted molar refractivity (Wildman–Crippen MR) is 102 cm³/mol. The van der Waals surface area contributed by atoms with Gasteiger partial charge in [-0.15, -0.1) is 0 Å². The normalized spacial score (nSPS) is 16.1. The predicted octanol–water partition coefficient (Wildman–Crippen LogP) is 2.08. The van der Waals surface area contributed by atoms with E-state index in [1.54, 1.807) is 39.2 Å². The summed E-state index contributed by atoms with van der Waals surface area (Å²) in [5, 5.41) is 16.0. The van der Waals surface area contributed by atoms with Crippen LogP contribution in [-0.2, 0) is 14.4 Å². The fraction of sp³-hybridized carbons (Fsp3) is 0.389. The lowest BCUT2D eigenvalue weighted by Gasteiger charge is -2.20. The molecule has 0 spiro atoms. The minimum atomic E-state index is -0.583. The van der Waals surface area contributed by atoms with Gasteiger partial charge in [-0.05, 0) is 32.9 Å². The number of H-pyrrole nitrogens is 1. The van der Waals surface area contributed by atoms with Crippen molar-refractivity contribution in [3.8, 4) is 11.3 Å². The van der Waals surface area contributed by atoms with Crippen LogP contribution in [0.4, 0.5) is 10.6 Å². The van der Waals surface area contributed by atoms with Gasteiger partial charge in [-0.3, -0.25) is 14.9 Å². The third-order valence-corrected chi connectivity index (χ3v) is 3.68. The van der Waals surface area contributed by atoms with Crippen molar-refractivity contribution in [1.82, 2.24) is 20.5 Å². The summed E-state index contributed by atoms with van der Waals surface area (Å²) < 4.78 is 5.15. The Morgan fingerprint density at radius 2 is 2.07 bits per heavy atom. The molecule has 0 saturated carbocycles. The highest BCUT2D eigenvalue weighted by molar-refractivity contribution is 6.43. The Balaban J connectivity index is 1.47. The molecule has 2 aromatic heterocycles. The second-order valence-corrected chi connectivity index (χ2v) is 7.21. The number of aromatic nitrogens is 3. The zero-order valence-electron chi connectivity index (χ0n) is 15.9. The van der Waals surface area contributed by atoms with E-state index in [9.17, 15) is 9.59 Å². The number of alkyl carbamates (subject to hydrolysis) is 1. The van der Waals surface area contributed by atoms with Gasteiger partial charge in [0.2, 0.25) is 0 Å². The quantitative estimate of drug-likeness (QED) is 0.721. The van der Waals surface area contributed by atoms with Crippen LogP contribution in [0.3, 0.4) is 0 Å². The fourth-order valence-electron chi connectivity index (χ4n) is 2.44. The molecule has 0 aromatic carbocycles. The van der Waals surface area contributed by atoms with Gasteiger partial charge < -0.3 is 20.2 Å². The Kier molecular flexibility index (Phi) is 5.57. The molecule has 0 aliphatic carbocycles. The van der Waals surface area contributed by atoms with Gasteiger partial charge in [0.25, 0.3) is 5.91 Å². The van der Waals surface area contributed by atoms with Crippen molar-refractivity contribution < 1.29 is 19.2 Å². The number of oxime groups is 1. The summed E-state index contributed by atoms with van der Waals surface area (Å²) >= 11 is 0. The van der Waals surface area contributed by atoms with Crippen LogP contribution in [0.2, 0.25) is 0 Å². The second kappa shape index (κ2) is 8.07. The number of carbonyl (C=O) groups excluding carboxylic acids is 2. The molecule has 0 bridgehead atoms. The number of nitrogens with zero attached hydrogens (tertiary/aromatic N) is 3. The maximum Gasteiger partial charge on any atom is 0.407 e. The molecule has 10 heteroatoms. The molecule has 10 nitrogen and oxygen atoms in total. The summed E-state index contributed by atoms with van der Waals surface area (Å²) in [5.74, 6) is -0.0395. The number of pyridine rings is 1. The van der Waals surface area contributed by atoms with E-state index < -0.39 is 23.7 Å². The Labute approximate surface area is 161 Å². The van der Waals surface area contributed by atoms with Crippen molar-refractivity contribution in [3.05, 3.63) is 30.6 Å². The van der Waals surface area contributed by atoms with Crippen molar-refractivity contribution in [3.63, 3.8) is 0 Å². The first-order valence-electron chi connectivity index (χ1n) is 8.77. The molecule has 2 aromatic rings. The average molecular weight is 386 g/mol. The van der Waals surface area contributed by atoms with Crippen LogP contribution in [-0.4, -0.2) is 51.1 Å². The van der Waals surface area contributed by atoms with Crippen LogP contribution in [0.25, 0.3) is 11.3 Å². The molecular formula is C18H22N6O4. The first kappa shape index (κ1) is 19.3. The van der Waals surface area contributed by atoms with E-state index >= 15 is 0 Å². The molecular weight excluding hydrogens is 364 g/mol. The topological polar surface area (TPSA) is 131 Å². The van der Waals surface area contributed by atoms with Crippen molar-refractivity contribution in [2.75, 3.05) is 11.9 Å². The Morgan fingerprint density at radius 1 is 1.32 bits per heavy atom. The number of anilines is 1. The van der Waals surface area contributed by atoms with E-state index in [2.05, 4.69) is 31.0 Å². The number of hydrogen-bond acceptors (Lipinski definition) is 7. The highest BCUT2D eigenvalue weighted by Crippen LogP contribution is 2.19. The molecule has 3 N–H and O–H groups in total. The number of nitrogens with one attached hydrogen (secondary N) is 3. The monoisotopic (exact) mass is 386 g/mol. The summed E-state index contributed by atoms with van der Waals surface area (Å²) in [7, 11) is 0. The summed E-state index contributed by atoms with van der Waals surface area (Å²) in [6.07, 6.45) is 2.63. The van der Waals surface area contributed by atoms with Crippen LogP contribution >= 0.6 is 0 Å². The Hall–Kier alpha value is -3.43. The number of hydrogen-bond donors (Lipinski definition) is 3. The molecule has 28 heavy (non-hydrogen) atoms. The molecule has 3 rings (SSSR count). The molecule has 0 unspecified atom stereocenters. The maximum atomic E-state index is 12.3. The smallest absolute Gasteiger partial charge is 0.407 e. The molecule has 3 heterocycles. The number of amides is 2. The number of carbonyl (C=O) groups is 2. The van der Waals surface area contributed by atoms with Gasteiger partial charge in [0.1, 0.15) is 11.3 Å². The molecule has 148 valence electrons. The first-order chi connectivity index (χ1) is 13.3. The standard InChI is InChI=1S/C18H22N6O4/c1-18(2,3)27-17(26)20-10-12-8-14(24-28-12)16(25)21-15-9-13(22-23-15)11-4-6-19-7-5-11/h4-7,9,12H,8,10H2,1-3H3,(H,20,26)(H2,21,22,23,25)/t12-/m0/s1. The van der Waals surface area contributed by atoms with Gasteiger partial charge in [0.05, 0.1) is 12.2 Å². The highest BCUT2D eigenvalue weighted by Gasteiger charge is 2.27. The highest BCUT2D eigenvalue weighted by atomic mass is 16.6. The van der Waals surface area contributed by atoms with Crippen LogP contribution in [0.1, 0.15) is 27.2 Å². The van der Waals surface area contributed by atoms with Crippen molar-refractivity contribution in [1.29, 1.82) is 0 Å². The van der Waals surface area contributed by atoms with Crippen molar-refractivity contribution >= 4 is 23.5 Å².